The summed E-state index contributed by atoms with van der Waals surface area (Å²) in [4.78, 5) is 20.2. The Hall–Kier alpha value is -2.08. The van der Waals surface area contributed by atoms with Gasteiger partial charge in [0.2, 0.25) is 0 Å². The summed E-state index contributed by atoms with van der Waals surface area (Å²) in [7, 11) is 0. The monoisotopic (exact) mass is 302 g/mol. The van der Waals surface area contributed by atoms with Crippen LogP contribution in [0, 0.1) is 0 Å². The van der Waals surface area contributed by atoms with Gasteiger partial charge in [-0.1, -0.05) is 6.92 Å². The number of hydrogen-bond donors (Lipinski definition) is 2. The minimum absolute atomic E-state index is 0.0871. The zero-order valence-electron chi connectivity index (χ0n) is 12.0. The van der Waals surface area contributed by atoms with E-state index in [1.54, 1.807) is 30.4 Å². The number of carbonyl (C=O) groups excluding carboxylic acids is 1. The van der Waals surface area contributed by atoms with Crippen molar-refractivity contribution < 1.29 is 4.79 Å². The Kier molecular flexibility index (Phi) is 5.57. The number of urea groups is 1. The quantitative estimate of drug-likeness (QED) is 0.830. The molecule has 5 nitrogen and oxygen atoms in total. The molecule has 0 bridgehead atoms. The fourth-order valence-electron chi connectivity index (χ4n) is 1.79. The summed E-state index contributed by atoms with van der Waals surface area (Å²) >= 11 is 1.67. The third-order valence-corrected chi connectivity index (χ3v) is 3.67. The largest absolute Gasteiger partial charge is 0.331 e. The summed E-state index contributed by atoms with van der Waals surface area (Å²) in [6.45, 7) is 4.00. The SMILES string of the molecule is CCSc1ccc(NC(=O)N[C@@H](C)c2ccncc2)cn1. The van der Waals surface area contributed by atoms with Crippen LogP contribution in [0.4, 0.5) is 10.5 Å². The molecule has 0 spiro atoms. The standard InChI is InChI=1S/C15H18N4OS/c1-3-21-14-5-4-13(10-17-14)19-15(20)18-11(2)12-6-8-16-9-7-12/h4-11H,3H2,1-2H3,(H2,18,19,20)/t11-/m0/s1. The normalized spacial score (nSPS) is 11.7. The van der Waals surface area contributed by atoms with E-state index in [9.17, 15) is 4.79 Å². The van der Waals surface area contributed by atoms with Crippen LogP contribution in [-0.2, 0) is 0 Å². The molecule has 0 saturated heterocycles. The molecule has 2 N–H and O–H groups in total. The van der Waals surface area contributed by atoms with Crippen LogP contribution in [-0.4, -0.2) is 21.8 Å². The number of pyridine rings is 2. The van der Waals surface area contributed by atoms with Crippen molar-refractivity contribution in [3.8, 4) is 0 Å². The van der Waals surface area contributed by atoms with Crippen LogP contribution >= 0.6 is 11.8 Å². The Morgan fingerprint density at radius 2 is 2.05 bits per heavy atom. The molecule has 0 aliphatic carbocycles. The molecule has 0 fully saturated rings. The molecule has 6 heteroatoms. The lowest BCUT2D eigenvalue weighted by atomic mass is 10.1. The molecule has 0 radical (unpaired) electrons. The summed E-state index contributed by atoms with van der Waals surface area (Å²) < 4.78 is 0. The van der Waals surface area contributed by atoms with Gasteiger partial charge in [-0.15, -0.1) is 11.8 Å². The number of nitrogens with zero attached hydrogens (tertiary/aromatic N) is 2. The molecule has 0 saturated carbocycles. The molecule has 0 aromatic carbocycles. The van der Waals surface area contributed by atoms with Crippen molar-refractivity contribution >= 4 is 23.5 Å². The Bertz CT molecular complexity index is 574. The molecule has 1 atom stereocenters. The van der Waals surface area contributed by atoms with Gasteiger partial charge >= 0.3 is 6.03 Å². The summed E-state index contributed by atoms with van der Waals surface area (Å²) in [6, 6.07) is 7.16. The summed E-state index contributed by atoms with van der Waals surface area (Å²) in [5, 5.41) is 6.60. The van der Waals surface area contributed by atoms with Crippen LogP contribution in [0.2, 0.25) is 0 Å². The van der Waals surface area contributed by atoms with E-state index in [-0.39, 0.29) is 12.1 Å². The van der Waals surface area contributed by atoms with Gasteiger partial charge < -0.3 is 10.6 Å². The minimum atomic E-state index is -0.253. The molecule has 2 amide bonds. The second-order valence-electron chi connectivity index (χ2n) is 4.42. The summed E-state index contributed by atoms with van der Waals surface area (Å²) in [5.74, 6) is 0.976. The Balaban J connectivity index is 1.89. The molecular formula is C15H18N4OS. The number of aromatic nitrogens is 2. The highest BCUT2D eigenvalue weighted by molar-refractivity contribution is 7.99. The number of amides is 2. The van der Waals surface area contributed by atoms with Crippen molar-refractivity contribution in [1.82, 2.24) is 15.3 Å². The van der Waals surface area contributed by atoms with Gasteiger partial charge in [0.25, 0.3) is 0 Å². The van der Waals surface area contributed by atoms with Crippen LogP contribution in [0.1, 0.15) is 25.5 Å². The fourth-order valence-corrected chi connectivity index (χ4v) is 2.37. The predicted molar refractivity (Wildman–Crippen MR) is 85.4 cm³/mol. The number of hydrogen-bond acceptors (Lipinski definition) is 4. The topological polar surface area (TPSA) is 66.9 Å². The first kappa shape index (κ1) is 15.3. The Morgan fingerprint density at radius 3 is 2.67 bits per heavy atom. The molecule has 2 rings (SSSR count). The maximum Gasteiger partial charge on any atom is 0.319 e. The highest BCUT2D eigenvalue weighted by Gasteiger charge is 2.09. The number of nitrogens with one attached hydrogen (secondary N) is 2. The molecule has 0 aliphatic rings. The van der Waals surface area contributed by atoms with Crippen LogP contribution in [0.5, 0.6) is 0 Å². The average Bonchev–Trinajstić information content (AvgIpc) is 2.50. The van der Waals surface area contributed by atoms with Gasteiger partial charge in [-0.3, -0.25) is 4.98 Å². The van der Waals surface area contributed by atoms with Crippen LogP contribution in [0.15, 0.2) is 47.9 Å². The highest BCUT2D eigenvalue weighted by Crippen LogP contribution is 2.16. The van der Waals surface area contributed by atoms with Gasteiger partial charge in [-0.2, -0.15) is 0 Å². The molecule has 2 aromatic rings. The van der Waals surface area contributed by atoms with Crippen molar-refractivity contribution in [3.63, 3.8) is 0 Å². The molecular weight excluding hydrogens is 284 g/mol. The summed E-state index contributed by atoms with van der Waals surface area (Å²) in [6.07, 6.45) is 5.08. The van der Waals surface area contributed by atoms with Crippen LogP contribution < -0.4 is 10.6 Å². The van der Waals surface area contributed by atoms with E-state index in [0.29, 0.717) is 5.69 Å². The van der Waals surface area contributed by atoms with Crippen molar-refractivity contribution in [2.24, 2.45) is 0 Å². The first-order valence-electron chi connectivity index (χ1n) is 6.75. The van der Waals surface area contributed by atoms with Crippen molar-refractivity contribution in [3.05, 3.63) is 48.4 Å². The van der Waals surface area contributed by atoms with E-state index >= 15 is 0 Å². The van der Waals surface area contributed by atoms with Crippen molar-refractivity contribution in [1.29, 1.82) is 0 Å². The maximum absolute atomic E-state index is 11.9. The first-order valence-corrected chi connectivity index (χ1v) is 7.74. The average molecular weight is 302 g/mol. The van der Waals surface area contributed by atoms with Gasteiger partial charge in [0.15, 0.2) is 0 Å². The molecule has 110 valence electrons. The first-order chi connectivity index (χ1) is 10.2. The van der Waals surface area contributed by atoms with Gasteiger partial charge in [-0.05, 0) is 42.5 Å². The molecule has 0 unspecified atom stereocenters. The van der Waals surface area contributed by atoms with Gasteiger partial charge in [0.05, 0.1) is 23.0 Å². The molecule has 21 heavy (non-hydrogen) atoms. The van der Waals surface area contributed by atoms with Crippen molar-refractivity contribution in [2.45, 2.75) is 24.9 Å². The Morgan fingerprint density at radius 1 is 1.29 bits per heavy atom. The number of thioether (sulfide) groups is 1. The predicted octanol–water partition coefficient (Wildman–Crippen LogP) is 3.47. The lowest BCUT2D eigenvalue weighted by Crippen LogP contribution is -2.31. The van der Waals surface area contributed by atoms with Gasteiger partial charge in [0.1, 0.15) is 0 Å². The van der Waals surface area contributed by atoms with E-state index < -0.39 is 0 Å². The highest BCUT2D eigenvalue weighted by atomic mass is 32.2. The zero-order chi connectivity index (χ0) is 15.1. The lowest BCUT2D eigenvalue weighted by molar-refractivity contribution is 0.249. The lowest BCUT2D eigenvalue weighted by Gasteiger charge is -2.14. The fraction of sp³-hybridized carbons (Fsp3) is 0.267. The zero-order valence-corrected chi connectivity index (χ0v) is 12.9. The van der Waals surface area contributed by atoms with Crippen LogP contribution in [0.25, 0.3) is 0 Å². The van der Waals surface area contributed by atoms with Gasteiger partial charge in [-0.25, -0.2) is 9.78 Å². The van der Waals surface area contributed by atoms with E-state index in [1.807, 2.05) is 31.2 Å². The molecule has 2 aromatic heterocycles. The van der Waals surface area contributed by atoms with E-state index in [0.717, 1.165) is 16.3 Å². The van der Waals surface area contributed by atoms with E-state index in [1.165, 1.54) is 0 Å². The smallest absolute Gasteiger partial charge is 0.319 e. The number of carbonyl (C=O) groups is 1. The second-order valence-corrected chi connectivity index (χ2v) is 5.70. The van der Waals surface area contributed by atoms with Crippen LogP contribution in [0.3, 0.4) is 0 Å². The van der Waals surface area contributed by atoms with E-state index in [4.69, 9.17) is 0 Å². The third-order valence-electron chi connectivity index (χ3n) is 2.84. The van der Waals surface area contributed by atoms with Crippen molar-refractivity contribution in [2.75, 3.05) is 11.1 Å². The number of anilines is 1. The third kappa shape index (κ3) is 4.75. The Labute approximate surface area is 128 Å². The second kappa shape index (κ2) is 7.64. The van der Waals surface area contributed by atoms with E-state index in [2.05, 4.69) is 27.5 Å². The minimum Gasteiger partial charge on any atom is -0.331 e. The maximum atomic E-state index is 11.9. The summed E-state index contributed by atoms with van der Waals surface area (Å²) in [5.41, 5.74) is 1.68. The van der Waals surface area contributed by atoms with Gasteiger partial charge in [0, 0.05) is 12.4 Å². The molecule has 2 heterocycles. The number of rotatable bonds is 5. The molecule has 0 aliphatic heterocycles.